The van der Waals surface area contributed by atoms with Gasteiger partial charge in [-0.3, -0.25) is 4.99 Å². The Balaban J connectivity index is 2.37. The molecule has 0 bridgehead atoms. The summed E-state index contributed by atoms with van der Waals surface area (Å²) in [6, 6.07) is 6.54. The summed E-state index contributed by atoms with van der Waals surface area (Å²) < 4.78 is 18.2. The summed E-state index contributed by atoms with van der Waals surface area (Å²) >= 11 is 1.68. The van der Waals surface area contributed by atoms with E-state index in [-0.39, 0.29) is 11.4 Å². The molecule has 2 N–H and O–H groups in total. The van der Waals surface area contributed by atoms with Gasteiger partial charge in [-0.1, -0.05) is 0 Å². The summed E-state index contributed by atoms with van der Waals surface area (Å²) in [4.78, 5) is 5.58. The molecule has 0 amide bonds. The van der Waals surface area contributed by atoms with Gasteiger partial charge in [-0.25, -0.2) is 4.39 Å². The van der Waals surface area contributed by atoms with E-state index in [1.54, 1.807) is 31.0 Å². The van der Waals surface area contributed by atoms with E-state index in [1.165, 1.54) is 12.1 Å². The molecule has 0 aliphatic carbocycles. The van der Waals surface area contributed by atoms with Gasteiger partial charge in [0.05, 0.1) is 12.1 Å². The molecule has 6 heteroatoms. The molecule has 0 unspecified atom stereocenters. The number of rotatable bonds is 8. The van der Waals surface area contributed by atoms with Crippen LogP contribution < -0.4 is 10.6 Å². The van der Waals surface area contributed by atoms with E-state index in [4.69, 9.17) is 4.74 Å². The zero-order valence-corrected chi connectivity index (χ0v) is 14.6. The summed E-state index contributed by atoms with van der Waals surface area (Å²) in [6.07, 6.45) is 0. The maximum absolute atomic E-state index is 12.8. The number of nitrogens with zero attached hydrogens (tertiary/aromatic N) is 1. The van der Waals surface area contributed by atoms with Gasteiger partial charge in [0.2, 0.25) is 0 Å². The highest BCUT2D eigenvalue weighted by Crippen LogP contribution is 2.17. The van der Waals surface area contributed by atoms with Crippen molar-refractivity contribution < 1.29 is 9.13 Å². The van der Waals surface area contributed by atoms with Gasteiger partial charge in [-0.05, 0) is 45.0 Å². The molecule has 22 heavy (non-hydrogen) atoms. The highest BCUT2D eigenvalue weighted by molar-refractivity contribution is 7.99. The molecule has 0 aromatic heterocycles. The molecule has 0 atom stereocenters. The van der Waals surface area contributed by atoms with Gasteiger partial charge in [-0.15, -0.1) is 11.8 Å². The third-order valence-electron chi connectivity index (χ3n) is 2.99. The minimum Gasteiger partial charge on any atom is -0.377 e. The van der Waals surface area contributed by atoms with Gasteiger partial charge in [0, 0.05) is 30.8 Å². The lowest BCUT2D eigenvalue weighted by Gasteiger charge is -2.21. The Morgan fingerprint density at radius 3 is 2.55 bits per heavy atom. The van der Waals surface area contributed by atoms with E-state index in [0.717, 1.165) is 29.7 Å². The highest BCUT2D eigenvalue weighted by atomic mass is 32.2. The Kier molecular flexibility index (Phi) is 8.27. The number of thioether (sulfide) groups is 1. The smallest absolute Gasteiger partial charge is 0.191 e. The summed E-state index contributed by atoms with van der Waals surface area (Å²) in [6.45, 7) is 8.22. The molecule has 0 spiro atoms. The van der Waals surface area contributed by atoms with Crippen molar-refractivity contribution in [2.75, 3.05) is 32.5 Å². The average Bonchev–Trinajstić information content (AvgIpc) is 2.51. The molecular weight excluding hydrogens is 301 g/mol. The first kappa shape index (κ1) is 18.8. The fourth-order valence-electron chi connectivity index (χ4n) is 1.54. The van der Waals surface area contributed by atoms with Crippen molar-refractivity contribution in [1.82, 2.24) is 10.6 Å². The van der Waals surface area contributed by atoms with E-state index < -0.39 is 0 Å². The first-order valence-electron chi connectivity index (χ1n) is 7.42. The molecule has 4 nitrogen and oxygen atoms in total. The molecule has 0 radical (unpaired) electrons. The molecule has 0 aliphatic rings. The van der Waals surface area contributed by atoms with E-state index in [9.17, 15) is 4.39 Å². The first-order valence-corrected chi connectivity index (χ1v) is 8.41. The predicted octanol–water partition coefficient (Wildman–Crippen LogP) is 2.90. The van der Waals surface area contributed by atoms with Crippen LogP contribution >= 0.6 is 11.8 Å². The zero-order chi connectivity index (χ0) is 16.4. The lowest BCUT2D eigenvalue weighted by molar-refractivity contribution is 0.0311. The summed E-state index contributed by atoms with van der Waals surface area (Å²) in [7, 11) is 1.69. The molecule has 124 valence electrons. The molecule has 0 fully saturated rings. The number of aliphatic imine (C=N–C) groups is 1. The number of ether oxygens (including phenoxy) is 1. The fraction of sp³-hybridized carbons (Fsp3) is 0.562. The van der Waals surface area contributed by atoms with Crippen molar-refractivity contribution in [3.05, 3.63) is 30.1 Å². The largest absolute Gasteiger partial charge is 0.377 e. The van der Waals surface area contributed by atoms with E-state index in [2.05, 4.69) is 15.6 Å². The van der Waals surface area contributed by atoms with Crippen LogP contribution in [0.2, 0.25) is 0 Å². The molecule has 0 saturated carbocycles. The van der Waals surface area contributed by atoms with E-state index in [1.807, 2.05) is 20.8 Å². The van der Waals surface area contributed by atoms with Crippen molar-refractivity contribution in [3.8, 4) is 0 Å². The average molecular weight is 327 g/mol. The van der Waals surface area contributed by atoms with Gasteiger partial charge in [0.1, 0.15) is 5.82 Å². The topological polar surface area (TPSA) is 45.7 Å². The quantitative estimate of drug-likeness (QED) is 0.333. The molecular formula is C16H26FN3OS. The normalized spacial score (nSPS) is 12.3. The predicted molar refractivity (Wildman–Crippen MR) is 92.2 cm³/mol. The number of benzene rings is 1. The second-order valence-electron chi connectivity index (χ2n) is 5.39. The lowest BCUT2D eigenvalue weighted by Crippen LogP contribution is -2.40. The van der Waals surface area contributed by atoms with Gasteiger partial charge in [0.25, 0.3) is 0 Å². The second-order valence-corrected chi connectivity index (χ2v) is 6.56. The Labute approximate surface area is 136 Å². The summed E-state index contributed by atoms with van der Waals surface area (Å²) in [5.41, 5.74) is -0.273. The molecule has 1 aromatic rings. The molecule has 0 aliphatic heterocycles. The van der Waals surface area contributed by atoms with Gasteiger partial charge >= 0.3 is 0 Å². The maximum atomic E-state index is 12.8. The van der Waals surface area contributed by atoms with Crippen LogP contribution in [0.15, 0.2) is 34.2 Å². The number of halogens is 1. The van der Waals surface area contributed by atoms with Crippen molar-refractivity contribution in [2.45, 2.75) is 31.3 Å². The Hall–Kier alpha value is -1.27. The van der Waals surface area contributed by atoms with Crippen molar-refractivity contribution in [1.29, 1.82) is 0 Å². The lowest BCUT2D eigenvalue weighted by atomic mass is 10.1. The molecule has 1 aromatic carbocycles. The monoisotopic (exact) mass is 327 g/mol. The van der Waals surface area contributed by atoms with E-state index in [0.29, 0.717) is 6.54 Å². The van der Waals surface area contributed by atoms with Crippen LogP contribution in [0, 0.1) is 5.82 Å². The summed E-state index contributed by atoms with van der Waals surface area (Å²) in [5.74, 6) is 1.46. The van der Waals surface area contributed by atoms with Crippen LogP contribution in [0.4, 0.5) is 4.39 Å². The molecule has 0 heterocycles. The maximum Gasteiger partial charge on any atom is 0.191 e. The van der Waals surface area contributed by atoms with Crippen molar-refractivity contribution in [3.63, 3.8) is 0 Å². The fourth-order valence-corrected chi connectivity index (χ4v) is 2.31. The minimum atomic E-state index is -0.273. The number of hydrogen-bond donors (Lipinski definition) is 2. The third-order valence-corrected chi connectivity index (χ3v) is 4.01. The van der Waals surface area contributed by atoms with Crippen molar-refractivity contribution >= 4 is 17.7 Å². The first-order chi connectivity index (χ1) is 10.5. The second kappa shape index (κ2) is 9.69. The van der Waals surface area contributed by atoms with Crippen LogP contribution in [0.5, 0.6) is 0 Å². The van der Waals surface area contributed by atoms with Crippen LogP contribution in [-0.2, 0) is 4.74 Å². The van der Waals surface area contributed by atoms with Crippen LogP contribution in [0.1, 0.15) is 20.8 Å². The Morgan fingerprint density at radius 1 is 1.27 bits per heavy atom. The number of guanidine groups is 1. The van der Waals surface area contributed by atoms with E-state index >= 15 is 0 Å². The van der Waals surface area contributed by atoms with Crippen molar-refractivity contribution in [2.24, 2.45) is 4.99 Å². The summed E-state index contributed by atoms with van der Waals surface area (Å²) in [5, 5.41) is 6.50. The third kappa shape index (κ3) is 7.66. The van der Waals surface area contributed by atoms with Gasteiger partial charge in [-0.2, -0.15) is 0 Å². The Morgan fingerprint density at radius 2 is 1.95 bits per heavy atom. The van der Waals surface area contributed by atoms with Gasteiger partial charge < -0.3 is 15.4 Å². The number of methoxy groups -OCH3 is 1. The van der Waals surface area contributed by atoms with Crippen LogP contribution in [-0.4, -0.2) is 44.1 Å². The zero-order valence-electron chi connectivity index (χ0n) is 13.8. The van der Waals surface area contributed by atoms with Crippen LogP contribution in [0.25, 0.3) is 0 Å². The van der Waals surface area contributed by atoms with Crippen LogP contribution in [0.3, 0.4) is 0 Å². The molecule has 0 saturated heterocycles. The standard InChI is InChI=1S/C16H26FN3OS/c1-5-18-15(20-12-16(2,3)21-4)19-10-11-22-14-8-6-13(17)7-9-14/h6-9H,5,10-12H2,1-4H3,(H2,18,19,20). The number of hydrogen-bond acceptors (Lipinski definition) is 3. The minimum absolute atomic E-state index is 0.204. The molecule has 1 rings (SSSR count). The van der Waals surface area contributed by atoms with Gasteiger partial charge in [0.15, 0.2) is 5.96 Å². The number of nitrogens with one attached hydrogen (secondary N) is 2. The highest BCUT2D eigenvalue weighted by Gasteiger charge is 2.15. The Bertz CT molecular complexity index is 463. The SMILES string of the molecule is CCNC(=NCC(C)(C)OC)NCCSc1ccc(F)cc1.